The molecule has 0 bridgehead atoms. The Morgan fingerprint density at radius 2 is 1.97 bits per heavy atom. The van der Waals surface area contributed by atoms with Crippen molar-refractivity contribution in [2.75, 3.05) is 31.6 Å². The largest absolute Gasteiger partial charge is 0.484 e. The molecule has 1 amide bonds. The smallest absolute Gasteiger partial charge is 0.260 e. The molecule has 1 saturated heterocycles. The number of nitrogens with one attached hydrogen (secondary N) is 1. The molecule has 1 fully saturated rings. The average molecular weight is 555 g/mol. The van der Waals surface area contributed by atoms with Crippen molar-refractivity contribution in [2.45, 2.75) is 12.8 Å². The van der Waals surface area contributed by atoms with E-state index in [0.29, 0.717) is 35.4 Å². The number of likely N-dealkylation sites (tertiary alicyclic amines) is 1. The van der Waals surface area contributed by atoms with Crippen LogP contribution in [0.3, 0.4) is 0 Å². The van der Waals surface area contributed by atoms with Gasteiger partial charge in [0.25, 0.3) is 5.91 Å². The number of para-hydroxylation sites is 1. The van der Waals surface area contributed by atoms with E-state index in [0.717, 1.165) is 40.9 Å². The van der Waals surface area contributed by atoms with E-state index in [2.05, 4.69) is 26.3 Å². The van der Waals surface area contributed by atoms with Gasteiger partial charge in [0.1, 0.15) is 11.6 Å². The van der Waals surface area contributed by atoms with Gasteiger partial charge in [-0.1, -0.05) is 48.0 Å². The summed E-state index contributed by atoms with van der Waals surface area (Å²) in [6, 6.07) is 19.1. The molecule has 0 spiro atoms. The van der Waals surface area contributed by atoms with Crippen LogP contribution in [0.25, 0.3) is 16.9 Å². The zero-order chi connectivity index (χ0) is 24.2. The molecule has 3 heterocycles. The van der Waals surface area contributed by atoms with Crippen LogP contribution in [0.15, 0.2) is 71.3 Å². The average Bonchev–Trinajstić information content (AvgIpc) is 3.27. The van der Waals surface area contributed by atoms with E-state index in [-0.39, 0.29) is 12.5 Å². The molecule has 2 aromatic heterocycles. The maximum atomic E-state index is 12.7. The highest BCUT2D eigenvalue weighted by Crippen LogP contribution is 2.30. The van der Waals surface area contributed by atoms with Crippen LogP contribution < -0.4 is 10.1 Å². The molecule has 1 unspecified atom stereocenters. The summed E-state index contributed by atoms with van der Waals surface area (Å²) in [7, 11) is 0. The second-order valence-corrected chi connectivity index (χ2v) is 9.83. The van der Waals surface area contributed by atoms with Gasteiger partial charge in [-0.05, 0) is 52.9 Å². The van der Waals surface area contributed by atoms with Gasteiger partial charge >= 0.3 is 0 Å². The predicted octanol–water partition coefficient (Wildman–Crippen LogP) is 5.54. The third-order valence-corrected chi connectivity index (χ3v) is 7.02. The van der Waals surface area contributed by atoms with Crippen molar-refractivity contribution < 1.29 is 9.53 Å². The van der Waals surface area contributed by atoms with E-state index in [4.69, 9.17) is 21.3 Å². The van der Waals surface area contributed by atoms with Gasteiger partial charge in [0.05, 0.1) is 16.4 Å². The number of halogens is 2. The quantitative estimate of drug-likeness (QED) is 0.325. The van der Waals surface area contributed by atoms with Crippen LogP contribution in [0, 0.1) is 5.92 Å². The van der Waals surface area contributed by atoms with Gasteiger partial charge in [-0.15, -0.1) is 0 Å². The minimum absolute atomic E-state index is 0.0156. The van der Waals surface area contributed by atoms with E-state index in [9.17, 15) is 4.79 Å². The molecule has 9 heteroatoms. The topological polar surface area (TPSA) is 71.8 Å². The van der Waals surface area contributed by atoms with Crippen LogP contribution in [0.1, 0.15) is 12.8 Å². The number of fused-ring (bicyclic) bond motifs is 1. The summed E-state index contributed by atoms with van der Waals surface area (Å²) in [6.07, 6.45) is 3.75. The van der Waals surface area contributed by atoms with Gasteiger partial charge in [0.2, 0.25) is 0 Å². The van der Waals surface area contributed by atoms with Crippen LogP contribution in [0.4, 0.5) is 5.82 Å². The van der Waals surface area contributed by atoms with E-state index >= 15 is 0 Å². The Bertz CT molecular complexity index is 1330. The van der Waals surface area contributed by atoms with Crippen LogP contribution in [-0.2, 0) is 4.79 Å². The van der Waals surface area contributed by atoms with E-state index < -0.39 is 0 Å². The highest BCUT2D eigenvalue weighted by Gasteiger charge is 2.24. The number of benzene rings is 2. The Hall–Kier alpha value is -3.10. The summed E-state index contributed by atoms with van der Waals surface area (Å²) in [5, 5.41) is 8.65. The molecular formula is C26H25BrClN5O2. The fraction of sp³-hybridized carbons (Fsp3) is 0.269. The first-order valence-corrected chi connectivity index (χ1v) is 12.7. The Balaban J connectivity index is 1.27. The molecule has 1 atom stereocenters. The third kappa shape index (κ3) is 5.44. The first-order valence-electron chi connectivity index (χ1n) is 11.6. The summed E-state index contributed by atoms with van der Waals surface area (Å²) in [5.41, 5.74) is 2.34. The standard InChI is InChI=1S/C26H25BrClN5O2/c27-21-15-30-33-24(13-23(31-26(21)33)20-10-4-5-11-22(20)28)29-14-18-7-6-12-32(16-18)25(34)17-35-19-8-2-1-3-9-19/h1-5,8-11,13,15,18,29H,6-7,12,14,16-17H2. The number of nitrogens with zero attached hydrogens (tertiary/aromatic N) is 4. The number of amides is 1. The van der Waals surface area contributed by atoms with Crippen molar-refractivity contribution >= 4 is 44.9 Å². The lowest BCUT2D eigenvalue weighted by Crippen LogP contribution is -2.43. The Morgan fingerprint density at radius 1 is 1.17 bits per heavy atom. The van der Waals surface area contributed by atoms with Gasteiger partial charge in [-0.2, -0.15) is 9.61 Å². The maximum Gasteiger partial charge on any atom is 0.260 e. The van der Waals surface area contributed by atoms with Crippen molar-refractivity contribution in [3.05, 3.63) is 76.4 Å². The number of ether oxygens (including phenoxy) is 1. The van der Waals surface area contributed by atoms with Crippen molar-refractivity contribution in [1.82, 2.24) is 19.5 Å². The Kier molecular flexibility index (Phi) is 7.20. The van der Waals surface area contributed by atoms with Crippen molar-refractivity contribution in [3.63, 3.8) is 0 Å². The predicted molar refractivity (Wildman–Crippen MR) is 141 cm³/mol. The molecular weight excluding hydrogens is 530 g/mol. The summed E-state index contributed by atoms with van der Waals surface area (Å²) < 4.78 is 8.25. The number of hydrogen-bond donors (Lipinski definition) is 1. The minimum Gasteiger partial charge on any atom is -0.484 e. The van der Waals surface area contributed by atoms with Gasteiger partial charge in [-0.25, -0.2) is 4.98 Å². The van der Waals surface area contributed by atoms with E-state index in [1.54, 1.807) is 10.7 Å². The first-order chi connectivity index (χ1) is 17.1. The lowest BCUT2D eigenvalue weighted by Gasteiger charge is -2.33. The molecule has 1 N–H and O–H groups in total. The maximum absolute atomic E-state index is 12.7. The van der Waals surface area contributed by atoms with Crippen molar-refractivity contribution in [1.29, 1.82) is 0 Å². The second kappa shape index (κ2) is 10.7. The Labute approximate surface area is 217 Å². The molecule has 35 heavy (non-hydrogen) atoms. The number of carbonyl (C=O) groups is 1. The first kappa shape index (κ1) is 23.6. The van der Waals surface area contributed by atoms with Gasteiger partial charge in [0, 0.05) is 36.3 Å². The van der Waals surface area contributed by atoms with Crippen molar-refractivity contribution in [3.8, 4) is 17.0 Å². The Morgan fingerprint density at radius 3 is 2.80 bits per heavy atom. The fourth-order valence-corrected chi connectivity index (χ4v) is 4.91. The minimum atomic E-state index is 0.0156. The molecule has 2 aromatic carbocycles. The third-order valence-electron chi connectivity index (χ3n) is 6.13. The van der Waals surface area contributed by atoms with Crippen LogP contribution in [0.2, 0.25) is 5.02 Å². The summed E-state index contributed by atoms with van der Waals surface area (Å²) >= 11 is 9.99. The molecule has 0 radical (unpaired) electrons. The molecule has 0 saturated carbocycles. The normalized spacial score (nSPS) is 15.8. The summed E-state index contributed by atoms with van der Waals surface area (Å²) in [6.45, 7) is 2.22. The van der Waals surface area contributed by atoms with Crippen LogP contribution >= 0.6 is 27.5 Å². The van der Waals surface area contributed by atoms with Gasteiger partial charge in [0.15, 0.2) is 12.3 Å². The molecule has 4 aromatic rings. The lowest BCUT2D eigenvalue weighted by atomic mass is 9.98. The molecule has 0 aliphatic carbocycles. The highest BCUT2D eigenvalue weighted by molar-refractivity contribution is 9.10. The molecule has 180 valence electrons. The number of aromatic nitrogens is 3. The number of anilines is 1. The molecule has 1 aliphatic heterocycles. The molecule has 1 aliphatic rings. The van der Waals surface area contributed by atoms with E-state index in [1.165, 1.54) is 0 Å². The molecule has 7 nitrogen and oxygen atoms in total. The zero-order valence-corrected chi connectivity index (χ0v) is 21.4. The number of piperidine rings is 1. The zero-order valence-electron chi connectivity index (χ0n) is 19.0. The lowest BCUT2D eigenvalue weighted by molar-refractivity contribution is -0.135. The number of hydrogen-bond acceptors (Lipinski definition) is 5. The van der Waals surface area contributed by atoms with Gasteiger partial charge in [-0.3, -0.25) is 4.79 Å². The second-order valence-electron chi connectivity index (χ2n) is 8.57. The monoisotopic (exact) mass is 553 g/mol. The van der Waals surface area contributed by atoms with E-state index in [1.807, 2.05) is 65.6 Å². The summed E-state index contributed by atoms with van der Waals surface area (Å²) in [5.74, 6) is 1.86. The van der Waals surface area contributed by atoms with Gasteiger partial charge < -0.3 is 15.0 Å². The SMILES string of the molecule is O=C(COc1ccccc1)N1CCCC(CNc2cc(-c3ccccc3Cl)nc3c(Br)cnn23)C1. The number of carbonyl (C=O) groups excluding carboxylic acids is 1. The fourth-order valence-electron chi connectivity index (χ4n) is 4.33. The van der Waals surface area contributed by atoms with Crippen LogP contribution in [-0.4, -0.2) is 51.6 Å². The summed E-state index contributed by atoms with van der Waals surface area (Å²) in [4.78, 5) is 19.4. The van der Waals surface area contributed by atoms with Crippen molar-refractivity contribution in [2.24, 2.45) is 5.92 Å². The van der Waals surface area contributed by atoms with Crippen LogP contribution in [0.5, 0.6) is 5.75 Å². The number of rotatable bonds is 7. The molecule has 5 rings (SSSR count). The highest BCUT2D eigenvalue weighted by atomic mass is 79.9.